The van der Waals surface area contributed by atoms with Crippen LogP contribution in [0.5, 0.6) is 5.75 Å². The number of hydrogen-bond acceptors (Lipinski definition) is 4. The molecule has 2 aromatic rings. The molecule has 1 aromatic heterocycles. The van der Waals surface area contributed by atoms with Gasteiger partial charge in [0.1, 0.15) is 11.6 Å². The van der Waals surface area contributed by atoms with E-state index in [1.807, 2.05) is 30.3 Å². The molecule has 0 saturated heterocycles. The van der Waals surface area contributed by atoms with E-state index in [-0.39, 0.29) is 12.3 Å². The number of nitrogens with one attached hydrogen (secondary N) is 1. The van der Waals surface area contributed by atoms with Gasteiger partial charge in [0.2, 0.25) is 5.91 Å². The quantitative estimate of drug-likeness (QED) is 0.837. The zero-order valence-electron chi connectivity index (χ0n) is 10.1. The monoisotopic (exact) mass is 245 g/mol. The molecule has 0 atom stereocenters. The van der Waals surface area contributed by atoms with E-state index in [4.69, 9.17) is 10.5 Å². The van der Waals surface area contributed by atoms with Crippen molar-refractivity contribution in [2.24, 2.45) is 5.73 Å². The third kappa shape index (κ3) is 2.68. The summed E-state index contributed by atoms with van der Waals surface area (Å²) < 4.78 is 5.32. The second-order valence-electron chi connectivity index (χ2n) is 3.87. The van der Waals surface area contributed by atoms with Gasteiger partial charge < -0.3 is 15.8 Å². The fraction of sp³-hybridized carbons (Fsp3) is 0.231. The molecule has 0 radical (unpaired) electrons. The topological polar surface area (TPSA) is 77.2 Å². The number of aromatic nitrogens is 1. The Balaban J connectivity index is 2.26. The summed E-state index contributed by atoms with van der Waals surface area (Å²) in [4.78, 5) is 15.1. The van der Waals surface area contributed by atoms with Crippen LogP contribution < -0.4 is 15.8 Å². The third-order valence-corrected chi connectivity index (χ3v) is 2.58. The number of amides is 1. The van der Waals surface area contributed by atoms with Gasteiger partial charge in [-0.05, 0) is 12.1 Å². The van der Waals surface area contributed by atoms with Gasteiger partial charge in [-0.25, -0.2) is 4.98 Å². The number of benzene rings is 1. The first-order chi connectivity index (χ1) is 8.70. The maximum Gasteiger partial charge on any atom is 0.219 e. The number of fused-ring (bicyclic) bond motifs is 1. The predicted molar refractivity (Wildman–Crippen MR) is 70.6 cm³/mol. The highest BCUT2D eigenvalue weighted by Crippen LogP contribution is 2.26. The molecule has 0 aliphatic carbocycles. The van der Waals surface area contributed by atoms with Gasteiger partial charge in [0, 0.05) is 24.4 Å². The Bertz CT molecular complexity index is 569. The van der Waals surface area contributed by atoms with Crippen LogP contribution in [0.1, 0.15) is 6.42 Å². The van der Waals surface area contributed by atoms with Gasteiger partial charge in [0.15, 0.2) is 0 Å². The molecule has 18 heavy (non-hydrogen) atoms. The van der Waals surface area contributed by atoms with Crippen LogP contribution >= 0.6 is 0 Å². The summed E-state index contributed by atoms with van der Waals surface area (Å²) in [5, 5.41) is 4.01. The summed E-state index contributed by atoms with van der Waals surface area (Å²) in [5.74, 6) is 1.09. The summed E-state index contributed by atoms with van der Waals surface area (Å²) >= 11 is 0. The van der Waals surface area contributed by atoms with E-state index in [1.165, 1.54) is 0 Å². The first-order valence-electron chi connectivity index (χ1n) is 5.66. The Hall–Kier alpha value is -2.30. The summed E-state index contributed by atoms with van der Waals surface area (Å²) in [5.41, 5.74) is 5.92. The van der Waals surface area contributed by atoms with Crippen LogP contribution in [0.25, 0.3) is 10.9 Å². The molecule has 0 aliphatic rings. The maximum atomic E-state index is 10.7. The molecule has 1 amide bonds. The van der Waals surface area contributed by atoms with Crippen LogP contribution in [0, 0.1) is 0 Å². The molecule has 2 rings (SSSR count). The number of rotatable bonds is 5. The summed E-state index contributed by atoms with van der Waals surface area (Å²) in [6.45, 7) is 0.462. The first kappa shape index (κ1) is 12.2. The number of methoxy groups -OCH3 is 1. The van der Waals surface area contributed by atoms with Crippen molar-refractivity contribution in [2.75, 3.05) is 19.0 Å². The summed E-state index contributed by atoms with van der Waals surface area (Å²) in [6, 6.07) is 9.53. The van der Waals surface area contributed by atoms with Gasteiger partial charge >= 0.3 is 0 Å². The number of para-hydroxylation sites is 1. The molecule has 1 aromatic carbocycles. The Morgan fingerprint density at radius 1 is 1.44 bits per heavy atom. The highest BCUT2D eigenvalue weighted by atomic mass is 16.5. The van der Waals surface area contributed by atoms with Crippen molar-refractivity contribution in [3.05, 3.63) is 30.3 Å². The van der Waals surface area contributed by atoms with Gasteiger partial charge in [-0.1, -0.05) is 12.1 Å². The Morgan fingerprint density at radius 2 is 2.22 bits per heavy atom. The fourth-order valence-electron chi connectivity index (χ4n) is 1.72. The van der Waals surface area contributed by atoms with Crippen molar-refractivity contribution < 1.29 is 9.53 Å². The molecule has 5 heteroatoms. The Kier molecular flexibility index (Phi) is 3.62. The van der Waals surface area contributed by atoms with Gasteiger partial charge in [0.05, 0.1) is 12.6 Å². The van der Waals surface area contributed by atoms with E-state index in [0.29, 0.717) is 12.4 Å². The van der Waals surface area contributed by atoms with E-state index >= 15 is 0 Å². The van der Waals surface area contributed by atoms with Crippen molar-refractivity contribution in [3.63, 3.8) is 0 Å². The number of primary amides is 1. The summed E-state index contributed by atoms with van der Waals surface area (Å²) in [6.07, 6.45) is 0.275. The molecule has 0 aliphatic heterocycles. The van der Waals surface area contributed by atoms with Crippen molar-refractivity contribution in [1.29, 1.82) is 0 Å². The highest BCUT2D eigenvalue weighted by molar-refractivity contribution is 5.86. The number of carbonyl (C=O) groups is 1. The van der Waals surface area contributed by atoms with Crippen LogP contribution in [-0.2, 0) is 4.79 Å². The van der Waals surface area contributed by atoms with Gasteiger partial charge in [-0.2, -0.15) is 0 Å². The van der Waals surface area contributed by atoms with E-state index in [0.717, 1.165) is 16.7 Å². The smallest absolute Gasteiger partial charge is 0.219 e. The van der Waals surface area contributed by atoms with Crippen LogP contribution in [0.3, 0.4) is 0 Å². The van der Waals surface area contributed by atoms with E-state index < -0.39 is 0 Å². The molecular formula is C13H15N3O2. The van der Waals surface area contributed by atoms with Crippen LogP contribution in [0.2, 0.25) is 0 Å². The molecule has 94 valence electrons. The number of hydrogen-bond donors (Lipinski definition) is 2. The average molecular weight is 245 g/mol. The molecule has 5 nitrogen and oxygen atoms in total. The normalized spacial score (nSPS) is 10.3. The van der Waals surface area contributed by atoms with Crippen LogP contribution in [0.15, 0.2) is 30.3 Å². The number of nitrogens with two attached hydrogens (primary N) is 1. The van der Waals surface area contributed by atoms with Crippen molar-refractivity contribution in [1.82, 2.24) is 4.98 Å². The number of carbonyl (C=O) groups excluding carboxylic acids is 1. The summed E-state index contributed by atoms with van der Waals surface area (Å²) in [7, 11) is 1.62. The van der Waals surface area contributed by atoms with Crippen molar-refractivity contribution in [2.45, 2.75) is 6.42 Å². The molecule has 0 bridgehead atoms. The third-order valence-electron chi connectivity index (χ3n) is 2.58. The lowest BCUT2D eigenvalue weighted by Crippen LogP contribution is -2.16. The van der Waals surface area contributed by atoms with Crippen molar-refractivity contribution in [3.8, 4) is 5.75 Å². The lowest BCUT2D eigenvalue weighted by atomic mass is 10.2. The minimum atomic E-state index is -0.338. The molecular weight excluding hydrogens is 230 g/mol. The predicted octanol–water partition coefficient (Wildman–Crippen LogP) is 1.53. The van der Waals surface area contributed by atoms with Crippen molar-refractivity contribution >= 4 is 22.6 Å². The molecule has 0 fully saturated rings. The standard InChI is InChI=1S/C13H15N3O2/c1-18-11-8-13(15-7-6-12(14)17)16-10-5-3-2-4-9(10)11/h2-5,8H,6-7H2,1H3,(H2,14,17)(H,15,16). The van der Waals surface area contributed by atoms with Gasteiger partial charge in [0.25, 0.3) is 0 Å². The molecule has 0 saturated carbocycles. The maximum absolute atomic E-state index is 10.7. The lowest BCUT2D eigenvalue weighted by Gasteiger charge is -2.09. The van der Waals surface area contributed by atoms with E-state index in [2.05, 4.69) is 10.3 Å². The number of nitrogens with zero attached hydrogens (tertiary/aromatic N) is 1. The van der Waals surface area contributed by atoms with E-state index in [1.54, 1.807) is 7.11 Å². The molecule has 0 unspecified atom stereocenters. The van der Waals surface area contributed by atoms with Gasteiger partial charge in [-0.15, -0.1) is 0 Å². The average Bonchev–Trinajstić information content (AvgIpc) is 2.37. The fourth-order valence-corrected chi connectivity index (χ4v) is 1.72. The SMILES string of the molecule is COc1cc(NCCC(N)=O)nc2ccccc12. The first-order valence-corrected chi connectivity index (χ1v) is 5.66. The number of pyridine rings is 1. The van der Waals surface area contributed by atoms with Crippen LogP contribution in [-0.4, -0.2) is 24.5 Å². The Labute approximate surface area is 105 Å². The number of anilines is 1. The van der Waals surface area contributed by atoms with E-state index in [9.17, 15) is 4.79 Å². The number of ether oxygens (including phenoxy) is 1. The second kappa shape index (κ2) is 5.35. The highest BCUT2D eigenvalue weighted by Gasteiger charge is 2.05. The largest absolute Gasteiger partial charge is 0.496 e. The minimum absolute atomic E-state index is 0.275. The molecule has 0 spiro atoms. The van der Waals surface area contributed by atoms with Gasteiger partial charge in [-0.3, -0.25) is 4.79 Å². The second-order valence-corrected chi connectivity index (χ2v) is 3.87. The zero-order chi connectivity index (χ0) is 13.0. The lowest BCUT2D eigenvalue weighted by molar-refractivity contribution is -0.117. The molecule has 1 heterocycles. The molecule has 3 N–H and O–H groups in total. The zero-order valence-corrected chi connectivity index (χ0v) is 10.1. The Morgan fingerprint density at radius 3 is 2.94 bits per heavy atom. The minimum Gasteiger partial charge on any atom is -0.496 e. The van der Waals surface area contributed by atoms with Crippen LogP contribution in [0.4, 0.5) is 5.82 Å².